The molecule has 178 valence electrons. The molecule has 8 nitrogen and oxygen atoms in total. The topological polar surface area (TPSA) is 93.2 Å². The monoisotopic (exact) mass is 474 g/mol. The standard InChI is InChI=1S/C24H30N2O6S/c1-4-32-24(28)19-13-15-25(16-14-19)23(27)17-26(21-7-5-6-8-22(21)31-3)33(29,30)20-11-9-18(2)10-12-20/h5-12,19H,4,13-17H2,1-3H3. The van der Waals surface area contributed by atoms with Gasteiger partial charge in [-0.1, -0.05) is 29.8 Å². The van der Waals surface area contributed by atoms with Gasteiger partial charge in [0, 0.05) is 13.1 Å². The first-order chi connectivity index (χ1) is 15.8. The van der Waals surface area contributed by atoms with Gasteiger partial charge in [-0.3, -0.25) is 13.9 Å². The van der Waals surface area contributed by atoms with Crippen LogP contribution in [0, 0.1) is 12.8 Å². The van der Waals surface area contributed by atoms with E-state index in [1.165, 1.54) is 19.2 Å². The van der Waals surface area contributed by atoms with Crippen LogP contribution in [-0.4, -0.2) is 58.5 Å². The van der Waals surface area contributed by atoms with Crippen LogP contribution in [0.4, 0.5) is 5.69 Å². The van der Waals surface area contributed by atoms with E-state index in [0.29, 0.717) is 38.3 Å². The van der Waals surface area contributed by atoms with Gasteiger partial charge in [-0.2, -0.15) is 0 Å². The summed E-state index contributed by atoms with van der Waals surface area (Å²) in [6.45, 7) is 4.32. The number of carbonyl (C=O) groups excluding carboxylic acids is 2. The normalized spacial score (nSPS) is 14.6. The first-order valence-corrected chi connectivity index (χ1v) is 12.4. The number of para-hydroxylation sites is 2. The van der Waals surface area contributed by atoms with Crippen LogP contribution in [0.25, 0.3) is 0 Å². The fourth-order valence-corrected chi connectivity index (χ4v) is 5.25. The molecule has 1 amide bonds. The van der Waals surface area contributed by atoms with Crippen molar-refractivity contribution in [3.63, 3.8) is 0 Å². The third-order valence-corrected chi connectivity index (χ3v) is 7.48. The lowest BCUT2D eigenvalue weighted by Crippen LogP contribution is -2.46. The summed E-state index contributed by atoms with van der Waals surface area (Å²) in [6.07, 6.45) is 0.980. The predicted molar refractivity (Wildman–Crippen MR) is 125 cm³/mol. The second-order valence-corrected chi connectivity index (χ2v) is 9.77. The van der Waals surface area contributed by atoms with E-state index in [9.17, 15) is 18.0 Å². The van der Waals surface area contributed by atoms with Crippen LogP contribution in [0.3, 0.4) is 0 Å². The molecule has 1 aliphatic rings. The van der Waals surface area contributed by atoms with Crippen molar-refractivity contribution in [2.24, 2.45) is 5.92 Å². The molecule has 33 heavy (non-hydrogen) atoms. The molecule has 0 aliphatic carbocycles. The van der Waals surface area contributed by atoms with Gasteiger partial charge in [-0.25, -0.2) is 8.42 Å². The summed E-state index contributed by atoms with van der Waals surface area (Å²) in [5.74, 6) is -0.473. The van der Waals surface area contributed by atoms with Gasteiger partial charge in [-0.15, -0.1) is 0 Å². The summed E-state index contributed by atoms with van der Waals surface area (Å²) in [6, 6.07) is 13.2. The zero-order chi connectivity index (χ0) is 24.0. The van der Waals surface area contributed by atoms with Gasteiger partial charge < -0.3 is 14.4 Å². The number of anilines is 1. The molecule has 0 atom stereocenters. The van der Waals surface area contributed by atoms with Crippen molar-refractivity contribution >= 4 is 27.6 Å². The summed E-state index contributed by atoms with van der Waals surface area (Å²) in [4.78, 5) is 26.9. The number of hydrogen-bond donors (Lipinski definition) is 0. The molecule has 0 aromatic heterocycles. The number of amides is 1. The minimum Gasteiger partial charge on any atom is -0.495 e. The molecule has 2 aromatic carbocycles. The minimum atomic E-state index is -4.04. The van der Waals surface area contributed by atoms with E-state index < -0.39 is 10.0 Å². The highest BCUT2D eigenvalue weighted by atomic mass is 32.2. The predicted octanol–water partition coefficient (Wildman–Crippen LogP) is 3.00. The van der Waals surface area contributed by atoms with E-state index in [-0.39, 0.29) is 34.9 Å². The largest absolute Gasteiger partial charge is 0.495 e. The Balaban J connectivity index is 1.86. The molecule has 1 fully saturated rings. The number of methoxy groups -OCH3 is 1. The van der Waals surface area contributed by atoms with Crippen molar-refractivity contribution in [3.05, 3.63) is 54.1 Å². The van der Waals surface area contributed by atoms with E-state index >= 15 is 0 Å². The van der Waals surface area contributed by atoms with Crippen molar-refractivity contribution in [2.45, 2.75) is 31.6 Å². The molecule has 9 heteroatoms. The van der Waals surface area contributed by atoms with Crippen LogP contribution in [0.2, 0.25) is 0 Å². The first-order valence-electron chi connectivity index (χ1n) is 10.9. The summed E-state index contributed by atoms with van der Waals surface area (Å²) >= 11 is 0. The Bertz CT molecular complexity index is 1080. The van der Waals surface area contributed by atoms with Gasteiger partial charge >= 0.3 is 5.97 Å². The average Bonchev–Trinajstić information content (AvgIpc) is 2.82. The summed E-state index contributed by atoms with van der Waals surface area (Å²) in [7, 11) is -2.58. The third kappa shape index (κ3) is 5.65. The molecule has 0 saturated carbocycles. The minimum absolute atomic E-state index is 0.0906. The van der Waals surface area contributed by atoms with Crippen molar-refractivity contribution in [1.82, 2.24) is 4.90 Å². The van der Waals surface area contributed by atoms with Crippen LogP contribution in [0.15, 0.2) is 53.4 Å². The summed E-state index contributed by atoms with van der Waals surface area (Å²) in [5.41, 5.74) is 1.22. The Hall–Kier alpha value is -3.07. The van der Waals surface area contributed by atoms with Gasteiger partial charge in [0.2, 0.25) is 5.91 Å². The maximum Gasteiger partial charge on any atom is 0.309 e. The van der Waals surface area contributed by atoms with Gasteiger partial charge in [0.05, 0.1) is 30.2 Å². The number of piperidine rings is 1. The van der Waals surface area contributed by atoms with Crippen LogP contribution >= 0.6 is 0 Å². The lowest BCUT2D eigenvalue weighted by molar-refractivity contribution is -0.151. The first kappa shape index (κ1) is 24.6. The number of esters is 1. The smallest absolute Gasteiger partial charge is 0.309 e. The maximum atomic E-state index is 13.6. The molecule has 0 spiro atoms. The molecule has 0 bridgehead atoms. The molecule has 1 aliphatic heterocycles. The molecular formula is C24H30N2O6S. The van der Waals surface area contributed by atoms with Crippen molar-refractivity contribution < 1.29 is 27.5 Å². The number of ether oxygens (including phenoxy) is 2. The molecular weight excluding hydrogens is 444 g/mol. The number of benzene rings is 2. The Kier molecular flexibility index (Phi) is 7.97. The molecule has 0 N–H and O–H groups in total. The lowest BCUT2D eigenvalue weighted by atomic mass is 9.97. The number of carbonyl (C=O) groups is 2. The number of rotatable bonds is 8. The zero-order valence-corrected chi connectivity index (χ0v) is 20.0. The van der Waals surface area contributed by atoms with E-state index in [0.717, 1.165) is 9.87 Å². The van der Waals surface area contributed by atoms with E-state index in [1.54, 1.807) is 48.2 Å². The van der Waals surface area contributed by atoms with Crippen LogP contribution < -0.4 is 9.04 Å². The van der Waals surface area contributed by atoms with E-state index in [2.05, 4.69) is 0 Å². The highest BCUT2D eigenvalue weighted by molar-refractivity contribution is 7.92. The van der Waals surface area contributed by atoms with Crippen molar-refractivity contribution in [1.29, 1.82) is 0 Å². The van der Waals surface area contributed by atoms with E-state index in [4.69, 9.17) is 9.47 Å². The Morgan fingerprint density at radius 3 is 2.30 bits per heavy atom. The van der Waals surface area contributed by atoms with Gasteiger partial charge in [-0.05, 0) is 51.0 Å². The van der Waals surface area contributed by atoms with Crippen LogP contribution in [-0.2, 0) is 24.3 Å². The van der Waals surface area contributed by atoms with Crippen LogP contribution in [0.5, 0.6) is 5.75 Å². The van der Waals surface area contributed by atoms with Crippen molar-refractivity contribution in [2.75, 3.05) is 37.7 Å². The summed E-state index contributed by atoms with van der Waals surface area (Å²) < 4.78 is 38.7. The zero-order valence-electron chi connectivity index (χ0n) is 19.2. The Morgan fingerprint density at radius 2 is 1.70 bits per heavy atom. The number of nitrogens with zero attached hydrogens (tertiary/aromatic N) is 2. The fourth-order valence-electron chi connectivity index (χ4n) is 3.82. The molecule has 0 unspecified atom stereocenters. The molecule has 2 aromatic rings. The highest BCUT2D eigenvalue weighted by Gasteiger charge is 2.33. The SMILES string of the molecule is CCOC(=O)C1CCN(C(=O)CN(c2ccccc2OC)S(=O)(=O)c2ccc(C)cc2)CC1. The number of sulfonamides is 1. The van der Waals surface area contributed by atoms with Gasteiger partial charge in [0.25, 0.3) is 10.0 Å². The molecule has 1 heterocycles. The number of likely N-dealkylation sites (tertiary alicyclic amines) is 1. The maximum absolute atomic E-state index is 13.6. The second kappa shape index (κ2) is 10.7. The molecule has 0 radical (unpaired) electrons. The van der Waals surface area contributed by atoms with E-state index in [1.807, 2.05) is 6.92 Å². The Labute approximate surface area is 195 Å². The quantitative estimate of drug-likeness (QED) is 0.546. The highest BCUT2D eigenvalue weighted by Crippen LogP contribution is 2.32. The average molecular weight is 475 g/mol. The molecule has 3 rings (SSSR count). The lowest BCUT2D eigenvalue weighted by Gasteiger charge is -2.33. The Morgan fingerprint density at radius 1 is 1.06 bits per heavy atom. The van der Waals surface area contributed by atoms with Crippen LogP contribution in [0.1, 0.15) is 25.3 Å². The number of hydrogen-bond acceptors (Lipinski definition) is 6. The third-order valence-electron chi connectivity index (χ3n) is 5.71. The van der Waals surface area contributed by atoms with Gasteiger partial charge in [0.1, 0.15) is 12.3 Å². The second-order valence-electron chi connectivity index (χ2n) is 7.90. The fraction of sp³-hybridized carbons (Fsp3) is 0.417. The number of aryl methyl sites for hydroxylation is 1. The van der Waals surface area contributed by atoms with Gasteiger partial charge in [0.15, 0.2) is 0 Å². The summed E-state index contributed by atoms with van der Waals surface area (Å²) in [5, 5.41) is 0. The van der Waals surface area contributed by atoms with Crippen molar-refractivity contribution in [3.8, 4) is 5.75 Å². The molecule has 1 saturated heterocycles.